The van der Waals surface area contributed by atoms with E-state index < -0.39 is 11.7 Å². The first-order chi connectivity index (χ1) is 18.1. The fraction of sp³-hybridized carbons (Fsp3) is 0.259. The van der Waals surface area contributed by atoms with Crippen molar-refractivity contribution in [2.24, 2.45) is 0 Å². The predicted molar refractivity (Wildman–Crippen MR) is 138 cm³/mol. The molecule has 11 heteroatoms. The Morgan fingerprint density at radius 1 is 1.11 bits per heavy atom. The maximum absolute atomic E-state index is 12.8. The zero-order valence-corrected chi connectivity index (χ0v) is 21.1. The molecule has 3 heterocycles. The second kappa shape index (κ2) is 9.90. The number of benzene rings is 2. The van der Waals surface area contributed by atoms with Gasteiger partial charge in [-0.1, -0.05) is 18.2 Å². The molecule has 0 unspecified atom stereocenters. The van der Waals surface area contributed by atoms with Crippen molar-refractivity contribution in [3.63, 3.8) is 0 Å². The number of nitrogens with zero attached hydrogens (tertiary/aromatic N) is 4. The Morgan fingerprint density at radius 2 is 1.87 bits per heavy atom. The number of nitrogens with two attached hydrogens (primary N) is 1. The highest BCUT2D eigenvalue weighted by Crippen LogP contribution is 2.35. The summed E-state index contributed by atoms with van der Waals surface area (Å²) in [5, 5.41) is 1.90. The second-order valence-corrected chi connectivity index (χ2v) is 9.08. The molecule has 0 bridgehead atoms. The highest BCUT2D eigenvalue weighted by atomic mass is 19.4. The van der Waals surface area contributed by atoms with Crippen molar-refractivity contribution < 1.29 is 22.6 Å². The lowest BCUT2D eigenvalue weighted by atomic mass is 10.1. The van der Waals surface area contributed by atoms with Gasteiger partial charge in [-0.15, -0.1) is 0 Å². The van der Waals surface area contributed by atoms with Crippen LogP contribution in [-0.4, -0.2) is 40.2 Å². The number of nitrogens with one attached hydrogen (secondary N) is 1. The largest absolute Gasteiger partial charge is 0.493 e. The van der Waals surface area contributed by atoms with Crippen molar-refractivity contribution in [2.75, 3.05) is 26.4 Å². The van der Waals surface area contributed by atoms with Gasteiger partial charge in [-0.25, -0.2) is 15.4 Å². The van der Waals surface area contributed by atoms with Crippen molar-refractivity contribution in [1.82, 2.24) is 25.0 Å². The summed E-state index contributed by atoms with van der Waals surface area (Å²) in [5.74, 6) is 1.30. The van der Waals surface area contributed by atoms with E-state index in [0.717, 1.165) is 28.8 Å². The number of rotatable bonds is 7. The smallest absolute Gasteiger partial charge is 0.416 e. The third kappa shape index (κ3) is 4.97. The van der Waals surface area contributed by atoms with Gasteiger partial charge in [0.15, 0.2) is 17.1 Å². The second-order valence-electron chi connectivity index (χ2n) is 9.08. The quantitative estimate of drug-likeness (QED) is 0.351. The van der Waals surface area contributed by atoms with Gasteiger partial charge in [0.1, 0.15) is 12.1 Å². The molecule has 2 aromatic carbocycles. The monoisotopic (exact) mass is 524 g/mol. The first-order valence-electron chi connectivity index (χ1n) is 11.9. The molecular formula is C27H27F3N6O2. The van der Waals surface area contributed by atoms with E-state index in [9.17, 15) is 13.2 Å². The van der Waals surface area contributed by atoms with E-state index >= 15 is 0 Å². The van der Waals surface area contributed by atoms with Crippen molar-refractivity contribution in [3.8, 4) is 11.5 Å². The van der Waals surface area contributed by atoms with Crippen LogP contribution < -0.4 is 20.6 Å². The molecule has 1 atom stereocenters. The summed E-state index contributed by atoms with van der Waals surface area (Å²) in [4.78, 5) is 9.22. The third-order valence-corrected chi connectivity index (χ3v) is 6.53. The summed E-state index contributed by atoms with van der Waals surface area (Å²) in [6.07, 6.45) is -0.545. The van der Waals surface area contributed by atoms with Gasteiger partial charge in [-0.3, -0.25) is 4.57 Å². The molecule has 5 rings (SSSR count). The number of halogens is 3. The Bertz CT molecular complexity index is 1500. The normalized spacial score (nSPS) is 14.6. The molecule has 4 aromatic rings. The molecule has 8 nitrogen and oxygen atoms in total. The molecule has 3 N–H and O–H groups in total. The predicted octanol–water partition coefficient (Wildman–Crippen LogP) is 5.02. The van der Waals surface area contributed by atoms with Gasteiger partial charge in [0.05, 0.1) is 18.7 Å². The number of hydrazine groups is 1. The van der Waals surface area contributed by atoms with Gasteiger partial charge < -0.3 is 20.2 Å². The van der Waals surface area contributed by atoms with Crippen LogP contribution in [0.25, 0.3) is 16.7 Å². The van der Waals surface area contributed by atoms with Crippen molar-refractivity contribution in [2.45, 2.75) is 25.7 Å². The first kappa shape index (κ1) is 25.4. The van der Waals surface area contributed by atoms with Crippen molar-refractivity contribution >= 4 is 22.7 Å². The van der Waals surface area contributed by atoms with Crippen LogP contribution in [0.2, 0.25) is 0 Å². The molecule has 38 heavy (non-hydrogen) atoms. The van der Waals surface area contributed by atoms with Gasteiger partial charge in [0, 0.05) is 31.6 Å². The zero-order chi connectivity index (χ0) is 27.0. The number of anilines is 1. The van der Waals surface area contributed by atoms with Crippen LogP contribution in [0.5, 0.6) is 11.5 Å². The van der Waals surface area contributed by atoms with E-state index in [1.54, 1.807) is 6.07 Å². The molecule has 1 aliphatic rings. The van der Waals surface area contributed by atoms with Crippen LogP contribution in [0.3, 0.4) is 0 Å². The Balaban J connectivity index is 1.36. The van der Waals surface area contributed by atoms with Crippen LogP contribution in [-0.2, 0) is 12.8 Å². The molecular weight excluding hydrogens is 497 g/mol. The Morgan fingerprint density at radius 3 is 2.53 bits per heavy atom. The van der Waals surface area contributed by atoms with Crippen LogP contribution in [0.1, 0.15) is 35.2 Å². The van der Waals surface area contributed by atoms with Crippen molar-refractivity contribution in [3.05, 3.63) is 83.2 Å². The standard InChI is InChI=1S/C27H27F3N6O2/c1-16(36-25-22(34-26(36)31)10-19(12-32-25)20-13-33-35(2)14-20)18-6-9-23(24(11-18)37-3)38-15-17-4-7-21(8-5-17)27(28,29)30/h4-12,14,16,33H,13,15H2,1-3H3,(H2,31,34)/t16-/m0/s1. The topological polar surface area (TPSA) is 90.5 Å². The number of imidazole rings is 1. The minimum absolute atomic E-state index is 0.0938. The van der Waals surface area contributed by atoms with Crippen LogP contribution in [0.15, 0.2) is 60.9 Å². The Labute approximate surface area is 217 Å². The van der Waals surface area contributed by atoms with E-state index in [2.05, 4.69) is 15.4 Å². The summed E-state index contributed by atoms with van der Waals surface area (Å²) < 4.78 is 51.7. The first-order valence-corrected chi connectivity index (χ1v) is 11.9. The highest BCUT2D eigenvalue weighted by Gasteiger charge is 2.30. The number of methoxy groups -OCH3 is 1. The van der Waals surface area contributed by atoms with E-state index in [1.807, 2.05) is 54.1 Å². The summed E-state index contributed by atoms with van der Waals surface area (Å²) >= 11 is 0. The Kier molecular flexibility index (Phi) is 6.62. The average molecular weight is 525 g/mol. The number of hydrogen-bond acceptors (Lipinski definition) is 7. The number of fused-ring (bicyclic) bond motifs is 1. The summed E-state index contributed by atoms with van der Waals surface area (Å²) in [7, 11) is 3.47. The van der Waals surface area contributed by atoms with Crippen LogP contribution in [0.4, 0.5) is 19.1 Å². The maximum atomic E-state index is 12.8. The molecule has 0 saturated heterocycles. The highest BCUT2D eigenvalue weighted by molar-refractivity contribution is 5.80. The molecule has 1 aliphatic heterocycles. The number of pyridine rings is 1. The third-order valence-electron chi connectivity index (χ3n) is 6.53. The summed E-state index contributed by atoms with van der Waals surface area (Å²) in [6.45, 7) is 2.79. The Hall–Kier alpha value is -4.25. The zero-order valence-electron chi connectivity index (χ0n) is 21.1. The molecule has 198 valence electrons. The minimum Gasteiger partial charge on any atom is -0.493 e. The molecule has 0 fully saturated rings. The molecule has 0 saturated carbocycles. The van der Waals surface area contributed by atoms with Crippen molar-refractivity contribution in [1.29, 1.82) is 0 Å². The number of aromatic nitrogens is 3. The average Bonchev–Trinajstić information content (AvgIpc) is 3.48. The lowest BCUT2D eigenvalue weighted by Crippen LogP contribution is -2.23. The summed E-state index contributed by atoms with van der Waals surface area (Å²) in [5.41, 5.74) is 13.8. The van der Waals surface area contributed by atoms with E-state index in [4.69, 9.17) is 15.2 Å². The van der Waals surface area contributed by atoms with Gasteiger partial charge in [-0.2, -0.15) is 13.2 Å². The molecule has 0 radical (unpaired) electrons. The lowest BCUT2D eigenvalue weighted by molar-refractivity contribution is -0.137. The lowest BCUT2D eigenvalue weighted by Gasteiger charge is -2.18. The number of hydrogen-bond donors (Lipinski definition) is 2. The number of ether oxygens (including phenoxy) is 2. The maximum Gasteiger partial charge on any atom is 0.416 e. The van der Waals surface area contributed by atoms with Gasteiger partial charge in [0.25, 0.3) is 0 Å². The number of alkyl halides is 3. The fourth-order valence-electron chi connectivity index (χ4n) is 4.43. The fourth-order valence-corrected chi connectivity index (χ4v) is 4.43. The van der Waals surface area contributed by atoms with Crippen LogP contribution >= 0.6 is 0 Å². The van der Waals surface area contributed by atoms with E-state index in [-0.39, 0.29) is 12.6 Å². The molecule has 2 aromatic heterocycles. The van der Waals surface area contributed by atoms with E-state index in [1.165, 1.54) is 19.2 Å². The van der Waals surface area contributed by atoms with Gasteiger partial charge in [0.2, 0.25) is 5.95 Å². The van der Waals surface area contributed by atoms with Crippen LogP contribution in [0, 0.1) is 0 Å². The molecule has 0 amide bonds. The van der Waals surface area contributed by atoms with Gasteiger partial charge in [-0.05, 0) is 54.0 Å². The summed E-state index contributed by atoms with van der Waals surface area (Å²) in [6, 6.07) is 12.1. The number of nitrogen functional groups attached to an aromatic ring is 1. The van der Waals surface area contributed by atoms with E-state index in [0.29, 0.717) is 40.7 Å². The minimum atomic E-state index is -4.38. The molecule has 0 aliphatic carbocycles. The molecule has 0 spiro atoms. The SMILES string of the molecule is COc1cc([C@H](C)n2c(N)nc3cc(C4=CN(C)NC4)cnc32)ccc1OCc1ccc(C(F)(F)F)cc1. The van der Waals surface area contributed by atoms with Gasteiger partial charge >= 0.3 is 6.18 Å².